The Morgan fingerprint density at radius 2 is 1.68 bits per heavy atom. The standard InChI is InChI=1S/C20H20Cl2N2O3S/c21-16-7-8-17(22)19(12-16)28(26,27)24-13-15-6-2-1-5-14(15)11-18(24)20(25)23-9-3-4-10-23/h1-2,5-8,12,18H,3-4,9-11,13H2/t18-/m1/s1. The molecule has 1 amide bonds. The first-order valence-electron chi connectivity index (χ1n) is 9.20. The fourth-order valence-corrected chi connectivity index (χ4v) is 6.21. The van der Waals surface area contributed by atoms with E-state index >= 15 is 0 Å². The lowest BCUT2D eigenvalue weighted by Crippen LogP contribution is -2.53. The Morgan fingerprint density at radius 3 is 2.39 bits per heavy atom. The molecule has 0 saturated carbocycles. The maximum atomic E-state index is 13.5. The number of fused-ring (bicyclic) bond motifs is 1. The fraction of sp³-hybridized carbons (Fsp3) is 0.350. The van der Waals surface area contributed by atoms with Gasteiger partial charge < -0.3 is 4.90 Å². The Morgan fingerprint density at radius 1 is 1.00 bits per heavy atom. The first-order chi connectivity index (χ1) is 13.4. The van der Waals surface area contributed by atoms with E-state index in [0.717, 1.165) is 24.0 Å². The molecule has 0 radical (unpaired) electrons. The lowest BCUT2D eigenvalue weighted by Gasteiger charge is -2.37. The first kappa shape index (κ1) is 19.7. The zero-order chi connectivity index (χ0) is 19.9. The van der Waals surface area contributed by atoms with Crippen LogP contribution in [0, 0.1) is 0 Å². The lowest BCUT2D eigenvalue weighted by atomic mass is 9.95. The van der Waals surface area contributed by atoms with E-state index in [1.54, 1.807) is 11.0 Å². The van der Waals surface area contributed by atoms with E-state index in [4.69, 9.17) is 23.2 Å². The second kappa shape index (κ2) is 7.67. The van der Waals surface area contributed by atoms with Crippen LogP contribution in [-0.2, 0) is 27.8 Å². The summed E-state index contributed by atoms with van der Waals surface area (Å²) in [5.41, 5.74) is 1.90. The first-order valence-corrected chi connectivity index (χ1v) is 11.4. The molecule has 2 aromatic carbocycles. The molecular formula is C20H20Cl2N2O3S. The molecule has 2 aliphatic rings. The highest BCUT2D eigenvalue weighted by Gasteiger charge is 2.42. The fourth-order valence-electron chi connectivity index (χ4n) is 3.91. The molecule has 4 rings (SSSR count). The monoisotopic (exact) mass is 438 g/mol. The van der Waals surface area contributed by atoms with Gasteiger partial charge in [-0.1, -0.05) is 47.5 Å². The van der Waals surface area contributed by atoms with E-state index in [9.17, 15) is 13.2 Å². The van der Waals surface area contributed by atoms with Gasteiger partial charge >= 0.3 is 0 Å². The smallest absolute Gasteiger partial charge is 0.245 e. The average molecular weight is 439 g/mol. The predicted octanol–water partition coefficient (Wildman–Crippen LogP) is 3.73. The topological polar surface area (TPSA) is 57.7 Å². The molecule has 2 aliphatic heterocycles. The van der Waals surface area contributed by atoms with E-state index in [2.05, 4.69) is 0 Å². The van der Waals surface area contributed by atoms with Crippen LogP contribution in [0.2, 0.25) is 10.0 Å². The summed E-state index contributed by atoms with van der Waals surface area (Å²) in [6, 6.07) is 11.2. The number of carbonyl (C=O) groups is 1. The quantitative estimate of drug-likeness (QED) is 0.733. The molecule has 2 aromatic rings. The molecule has 2 heterocycles. The third-order valence-corrected chi connectivity index (χ3v) is 7.96. The Labute approximate surface area is 174 Å². The van der Waals surface area contributed by atoms with Crippen LogP contribution in [-0.4, -0.2) is 42.7 Å². The number of hydrogen-bond donors (Lipinski definition) is 0. The summed E-state index contributed by atoms with van der Waals surface area (Å²) in [4.78, 5) is 14.9. The maximum Gasteiger partial charge on any atom is 0.245 e. The van der Waals surface area contributed by atoms with Gasteiger partial charge in [-0.15, -0.1) is 0 Å². The number of benzene rings is 2. The molecule has 0 bridgehead atoms. The molecule has 0 N–H and O–H groups in total. The number of amides is 1. The van der Waals surface area contributed by atoms with Crippen LogP contribution in [0.25, 0.3) is 0 Å². The van der Waals surface area contributed by atoms with Crippen LogP contribution in [0.3, 0.4) is 0 Å². The van der Waals surface area contributed by atoms with Crippen molar-refractivity contribution in [3.63, 3.8) is 0 Å². The molecule has 148 valence electrons. The normalized spacial score (nSPS) is 20.2. The Balaban J connectivity index is 1.79. The molecule has 0 aliphatic carbocycles. The molecule has 5 nitrogen and oxygen atoms in total. The number of nitrogens with zero attached hydrogens (tertiary/aromatic N) is 2. The van der Waals surface area contributed by atoms with Gasteiger partial charge in [-0.2, -0.15) is 4.31 Å². The van der Waals surface area contributed by atoms with Crippen molar-refractivity contribution in [1.82, 2.24) is 9.21 Å². The number of carbonyl (C=O) groups excluding carboxylic acids is 1. The summed E-state index contributed by atoms with van der Waals surface area (Å²) in [6.07, 6.45) is 2.24. The third-order valence-electron chi connectivity index (χ3n) is 5.39. The van der Waals surface area contributed by atoms with Crippen LogP contribution in [0.1, 0.15) is 24.0 Å². The summed E-state index contributed by atoms with van der Waals surface area (Å²) in [6.45, 7) is 1.47. The van der Waals surface area contributed by atoms with Crippen molar-refractivity contribution in [2.75, 3.05) is 13.1 Å². The Hall–Kier alpha value is -1.60. The zero-order valence-corrected chi connectivity index (χ0v) is 17.5. The van der Waals surface area contributed by atoms with Crippen LogP contribution in [0.15, 0.2) is 47.4 Å². The van der Waals surface area contributed by atoms with Gasteiger partial charge in [0.05, 0.1) is 5.02 Å². The average Bonchev–Trinajstić information content (AvgIpc) is 3.23. The number of rotatable bonds is 3. The minimum atomic E-state index is -4.01. The molecule has 0 unspecified atom stereocenters. The highest BCUT2D eigenvalue weighted by atomic mass is 35.5. The molecular weight excluding hydrogens is 419 g/mol. The molecule has 1 atom stereocenters. The molecule has 8 heteroatoms. The summed E-state index contributed by atoms with van der Waals surface area (Å²) < 4.78 is 28.3. The maximum absolute atomic E-state index is 13.5. The predicted molar refractivity (Wildman–Crippen MR) is 109 cm³/mol. The zero-order valence-electron chi connectivity index (χ0n) is 15.1. The second-order valence-electron chi connectivity index (χ2n) is 7.15. The van der Waals surface area contributed by atoms with E-state index < -0.39 is 16.1 Å². The van der Waals surface area contributed by atoms with E-state index in [-0.39, 0.29) is 27.4 Å². The minimum absolute atomic E-state index is 0.0692. The van der Waals surface area contributed by atoms with Crippen molar-refractivity contribution in [2.45, 2.75) is 36.7 Å². The molecule has 1 fully saturated rings. The molecule has 0 aromatic heterocycles. The van der Waals surface area contributed by atoms with Crippen molar-refractivity contribution in [2.24, 2.45) is 0 Å². The molecule has 1 saturated heterocycles. The highest BCUT2D eigenvalue weighted by molar-refractivity contribution is 7.89. The van der Waals surface area contributed by atoms with Gasteiger partial charge in [-0.05, 0) is 48.6 Å². The number of likely N-dealkylation sites (tertiary alicyclic amines) is 1. The summed E-state index contributed by atoms with van der Waals surface area (Å²) >= 11 is 12.2. The highest BCUT2D eigenvalue weighted by Crippen LogP contribution is 2.34. The van der Waals surface area contributed by atoms with Crippen LogP contribution < -0.4 is 0 Å². The number of halogens is 2. The van der Waals surface area contributed by atoms with Gasteiger partial charge in [0.15, 0.2) is 0 Å². The number of hydrogen-bond acceptors (Lipinski definition) is 3. The summed E-state index contributed by atoms with van der Waals surface area (Å²) in [5.74, 6) is -0.145. The van der Waals surface area contributed by atoms with Crippen molar-refractivity contribution in [3.05, 3.63) is 63.6 Å². The SMILES string of the molecule is O=C([C@H]1Cc2ccccc2CN1S(=O)(=O)c1cc(Cl)ccc1Cl)N1CCCC1. The molecule has 28 heavy (non-hydrogen) atoms. The van der Waals surface area contributed by atoms with Gasteiger partial charge in [0.25, 0.3) is 0 Å². The van der Waals surface area contributed by atoms with Gasteiger partial charge in [0.2, 0.25) is 15.9 Å². The van der Waals surface area contributed by atoms with E-state index in [1.165, 1.54) is 16.4 Å². The van der Waals surface area contributed by atoms with Crippen molar-refractivity contribution in [3.8, 4) is 0 Å². The van der Waals surface area contributed by atoms with Gasteiger partial charge in [0.1, 0.15) is 10.9 Å². The summed E-state index contributed by atoms with van der Waals surface area (Å²) in [7, 11) is -4.01. The Kier molecular flexibility index (Phi) is 5.40. The van der Waals surface area contributed by atoms with Gasteiger partial charge in [-0.3, -0.25) is 4.79 Å². The molecule has 0 spiro atoms. The van der Waals surface area contributed by atoms with Crippen molar-refractivity contribution >= 4 is 39.1 Å². The van der Waals surface area contributed by atoms with Crippen LogP contribution in [0.5, 0.6) is 0 Å². The summed E-state index contributed by atoms with van der Waals surface area (Å²) in [5, 5.41) is 0.374. The minimum Gasteiger partial charge on any atom is -0.341 e. The van der Waals surface area contributed by atoms with Crippen LogP contribution in [0.4, 0.5) is 0 Å². The van der Waals surface area contributed by atoms with Gasteiger partial charge in [-0.25, -0.2) is 8.42 Å². The number of sulfonamides is 1. The van der Waals surface area contributed by atoms with Gasteiger partial charge in [0, 0.05) is 24.7 Å². The van der Waals surface area contributed by atoms with E-state index in [1.807, 2.05) is 24.3 Å². The largest absolute Gasteiger partial charge is 0.341 e. The third kappa shape index (κ3) is 3.54. The van der Waals surface area contributed by atoms with Crippen LogP contribution >= 0.6 is 23.2 Å². The van der Waals surface area contributed by atoms with Crippen molar-refractivity contribution < 1.29 is 13.2 Å². The second-order valence-corrected chi connectivity index (χ2v) is 9.85. The Bertz CT molecular complexity index is 1020. The van der Waals surface area contributed by atoms with E-state index in [0.29, 0.717) is 19.5 Å². The van der Waals surface area contributed by atoms with Crippen molar-refractivity contribution in [1.29, 1.82) is 0 Å². The lowest BCUT2D eigenvalue weighted by molar-refractivity contribution is -0.134.